The van der Waals surface area contributed by atoms with E-state index in [1.807, 2.05) is 30.3 Å². The van der Waals surface area contributed by atoms with Crippen LogP contribution in [0.5, 0.6) is 0 Å². The Labute approximate surface area is 105 Å². The minimum absolute atomic E-state index is 0.321. The van der Waals surface area contributed by atoms with E-state index in [0.29, 0.717) is 23.6 Å². The molecular weight excluding hydrogens is 228 g/mol. The molecule has 4 nitrogen and oxygen atoms in total. The summed E-state index contributed by atoms with van der Waals surface area (Å²) >= 11 is 0. The van der Waals surface area contributed by atoms with Crippen LogP contribution in [0.1, 0.15) is 17.3 Å². The lowest BCUT2D eigenvalue weighted by Crippen LogP contribution is -2.08. The third kappa shape index (κ3) is 2.48. The molecule has 0 fully saturated rings. The van der Waals surface area contributed by atoms with E-state index >= 15 is 0 Å². The number of nitrogens with two attached hydrogens (primary N) is 1. The summed E-state index contributed by atoms with van der Waals surface area (Å²) in [5.41, 5.74) is 7.95. The number of carbonyl (C=O) groups is 1. The summed E-state index contributed by atoms with van der Waals surface area (Å²) in [5.74, 6) is -0.406. The number of carbonyl (C=O) groups excluding carboxylic acids is 1. The number of esters is 1. The highest BCUT2D eigenvalue weighted by Gasteiger charge is 2.15. The maximum Gasteiger partial charge on any atom is 0.340 e. The standard InChI is InChI=1S/C14H14N2O2/c1-2-18-14(17)12-8-11(15)9-16-13(12)10-6-4-3-5-7-10/h3-9H,2,15H2,1H3. The number of hydrogen-bond donors (Lipinski definition) is 1. The van der Waals surface area contributed by atoms with Crippen molar-refractivity contribution < 1.29 is 9.53 Å². The van der Waals surface area contributed by atoms with Gasteiger partial charge in [0.2, 0.25) is 0 Å². The van der Waals surface area contributed by atoms with Crippen molar-refractivity contribution in [3.8, 4) is 11.3 Å². The number of nitrogen functional groups attached to an aromatic ring is 1. The number of ether oxygens (including phenoxy) is 1. The molecule has 0 bridgehead atoms. The van der Waals surface area contributed by atoms with Crippen LogP contribution in [0.4, 0.5) is 5.69 Å². The van der Waals surface area contributed by atoms with Crippen LogP contribution < -0.4 is 5.73 Å². The predicted molar refractivity (Wildman–Crippen MR) is 70.0 cm³/mol. The Morgan fingerprint density at radius 3 is 2.72 bits per heavy atom. The van der Waals surface area contributed by atoms with E-state index in [1.165, 1.54) is 6.20 Å². The topological polar surface area (TPSA) is 65.2 Å². The third-order valence-corrected chi connectivity index (χ3v) is 2.45. The van der Waals surface area contributed by atoms with Gasteiger partial charge in [-0.25, -0.2) is 4.79 Å². The molecule has 1 heterocycles. The van der Waals surface area contributed by atoms with Gasteiger partial charge in [-0.1, -0.05) is 30.3 Å². The average Bonchev–Trinajstić information content (AvgIpc) is 2.40. The van der Waals surface area contributed by atoms with Crippen LogP contribution in [0.25, 0.3) is 11.3 Å². The fourth-order valence-corrected chi connectivity index (χ4v) is 1.67. The molecule has 0 spiro atoms. The summed E-state index contributed by atoms with van der Waals surface area (Å²) in [7, 11) is 0. The number of anilines is 1. The van der Waals surface area contributed by atoms with Crippen molar-refractivity contribution in [2.45, 2.75) is 6.92 Å². The highest BCUT2D eigenvalue weighted by Crippen LogP contribution is 2.23. The molecule has 92 valence electrons. The minimum atomic E-state index is -0.406. The maximum absolute atomic E-state index is 11.9. The molecule has 2 aromatic rings. The predicted octanol–water partition coefficient (Wildman–Crippen LogP) is 2.51. The van der Waals surface area contributed by atoms with Gasteiger partial charge in [0.15, 0.2) is 0 Å². The molecule has 0 aliphatic heterocycles. The molecule has 0 radical (unpaired) electrons. The van der Waals surface area contributed by atoms with Gasteiger partial charge >= 0.3 is 5.97 Å². The molecule has 0 aliphatic rings. The van der Waals surface area contributed by atoms with Crippen LogP contribution >= 0.6 is 0 Å². The van der Waals surface area contributed by atoms with E-state index in [1.54, 1.807) is 13.0 Å². The summed E-state index contributed by atoms with van der Waals surface area (Å²) in [6, 6.07) is 11.1. The summed E-state index contributed by atoms with van der Waals surface area (Å²) in [6.07, 6.45) is 1.53. The van der Waals surface area contributed by atoms with Gasteiger partial charge in [-0.15, -0.1) is 0 Å². The van der Waals surface area contributed by atoms with Crippen LogP contribution in [0.2, 0.25) is 0 Å². The lowest BCUT2D eigenvalue weighted by molar-refractivity contribution is 0.0527. The molecule has 0 aliphatic carbocycles. The van der Waals surface area contributed by atoms with Gasteiger partial charge in [0.05, 0.1) is 29.7 Å². The second-order valence-electron chi connectivity index (χ2n) is 3.75. The number of hydrogen-bond acceptors (Lipinski definition) is 4. The van der Waals surface area contributed by atoms with Gasteiger partial charge in [-0.3, -0.25) is 4.98 Å². The van der Waals surface area contributed by atoms with Crippen molar-refractivity contribution in [2.24, 2.45) is 0 Å². The van der Waals surface area contributed by atoms with Crippen molar-refractivity contribution in [3.05, 3.63) is 48.2 Å². The summed E-state index contributed by atoms with van der Waals surface area (Å²) in [4.78, 5) is 16.1. The molecule has 4 heteroatoms. The Morgan fingerprint density at radius 1 is 1.33 bits per heavy atom. The zero-order chi connectivity index (χ0) is 13.0. The van der Waals surface area contributed by atoms with E-state index in [0.717, 1.165) is 5.56 Å². The normalized spacial score (nSPS) is 10.1. The number of aromatic nitrogens is 1. The van der Waals surface area contributed by atoms with Crippen LogP contribution in [0.3, 0.4) is 0 Å². The average molecular weight is 242 g/mol. The first-order valence-corrected chi connectivity index (χ1v) is 5.70. The monoisotopic (exact) mass is 242 g/mol. The van der Waals surface area contributed by atoms with E-state index in [4.69, 9.17) is 10.5 Å². The fourth-order valence-electron chi connectivity index (χ4n) is 1.67. The quantitative estimate of drug-likeness (QED) is 0.840. The van der Waals surface area contributed by atoms with Gasteiger partial charge in [0, 0.05) is 5.56 Å². The molecular formula is C14H14N2O2. The number of benzene rings is 1. The van der Waals surface area contributed by atoms with Crippen molar-refractivity contribution in [1.29, 1.82) is 0 Å². The Morgan fingerprint density at radius 2 is 2.06 bits per heavy atom. The zero-order valence-corrected chi connectivity index (χ0v) is 10.1. The smallest absolute Gasteiger partial charge is 0.340 e. The molecule has 18 heavy (non-hydrogen) atoms. The second-order valence-corrected chi connectivity index (χ2v) is 3.75. The summed E-state index contributed by atoms with van der Waals surface area (Å²) in [6.45, 7) is 2.08. The lowest BCUT2D eigenvalue weighted by Gasteiger charge is -2.08. The second kappa shape index (κ2) is 5.31. The van der Waals surface area contributed by atoms with Gasteiger partial charge in [0.25, 0.3) is 0 Å². The largest absolute Gasteiger partial charge is 0.462 e. The van der Waals surface area contributed by atoms with E-state index in [9.17, 15) is 4.79 Å². The fraction of sp³-hybridized carbons (Fsp3) is 0.143. The molecule has 0 saturated heterocycles. The first-order chi connectivity index (χ1) is 8.72. The van der Waals surface area contributed by atoms with Crippen LogP contribution in [-0.2, 0) is 4.74 Å². The Kier molecular flexibility index (Phi) is 3.57. The van der Waals surface area contributed by atoms with Gasteiger partial charge in [-0.2, -0.15) is 0 Å². The van der Waals surface area contributed by atoms with Crippen molar-refractivity contribution in [1.82, 2.24) is 4.98 Å². The van der Waals surface area contributed by atoms with Crippen molar-refractivity contribution in [2.75, 3.05) is 12.3 Å². The van der Waals surface area contributed by atoms with Crippen molar-refractivity contribution in [3.63, 3.8) is 0 Å². The van der Waals surface area contributed by atoms with Gasteiger partial charge < -0.3 is 10.5 Å². The van der Waals surface area contributed by atoms with Crippen LogP contribution in [-0.4, -0.2) is 17.6 Å². The molecule has 0 unspecified atom stereocenters. The first kappa shape index (κ1) is 12.1. The summed E-state index contributed by atoms with van der Waals surface area (Å²) < 4.78 is 5.01. The molecule has 2 rings (SSSR count). The molecule has 0 amide bonds. The number of nitrogens with zero attached hydrogens (tertiary/aromatic N) is 1. The Hall–Kier alpha value is -2.36. The maximum atomic E-state index is 11.9. The van der Waals surface area contributed by atoms with Crippen LogP contribution in [0, 0.1) is 0 Å². The highest BCUT2D eigenvalue weighted by molar-refractivity contribution is 5.97. The van der Waals surface area contributed by atoms with Gasteiger partial charge in [-0.05, 0) is 13.0 Å². The Balaban J connectivity index is 2.51. The van der Waals surface area contributed by atoms with E-state index < -0.39 is 5.97 Å². The van der Waals surface area contributed by atoms with Gasteiger partial charge in [0.1, 0.15) is 0 Å². The SMILES string of the molecule is CCOC(=O)c1cc(N)cnc1-c1ccccc1. The molecule has 0 saturated carbocycles. The number of pyridine rings is 1. The molecule has 0 atom stereocenters. The van der Waals surface area contributed by atoms with Crippen molar-refractivity contribution >= 4 is 11.7 Å². The third-order valence-electron chi connectivity index (χ3n) is 2.45. The zero-order valence-electron chi connectivity index (χ0n) is 10.1. The van der Waals surface area contributed by atoms with E-state index in [-0.39, 0.29) is 0 Å². The number of rotatable bonds is 3. The summed E-state index contributed by atoms with van der Waals surface area (Å²) in [5, 5.41) is 0. The Bertz CT molecular complexity index is 553. The lowest BCUT2D eigenvalue weighted by atomic mass is 10.1. The molecule has 1 aromatic heterocycles. The van der Waals surface area contributed by atoms with E-state index in [2.05, 4.69) is 4.98 Å². The van der Waals surface area contributed by atoms with Crippen LogP contribution in [0.15, 0.2) is 42.6 Å². The molecule has 2 N–H and O–H groups in total. The highest BCUT2D eigenvalue weighted by atomic mass is 16.5. The minimum Gasteiger partial charge on any atom is -0.462 e. The first-order valence-electron chi connectivity index (χ1n) is 5.70. The molecule has 1 aromatic carbocycles.